The Morgan fingerprint density at radius 1 is 1.53 bits per heavy atom. The van der Waals surface area contributed by atoms with Gasteiger partial charge < -0.3 is 14.7 Å². The molecule has 0 radical (unpaired) electrons. The first-order valence-electron chi connectivity index (χ1n) is 5.52. The SMILES string of the molecule is CC(C)OCC(=O)N(C)CC1CC(O)C1. The fraction of sp³-hybridized carbons (Fsp3) is 0.909. The molecule has 0 bridgehead atoms. The molecule has 4 nitrogen and oxygen atoms in total. The Bertz CT molecular complexity index is 212. The zero-order valence-corrected chi connectivity index (χ0v) is 9.77. The van der Waals surface area contributed by atoms with Gasteiger partial charge >= 0.3 is 0 Å². The van der Waals surface area contributed by atoms with Crippen molar-refractivity contribution in [3.05, 3.63) is 0 Å². The molecule has 1 amide bonds. The topological polar surface area (TPSA) is 49.8 Å². The van der Waals surface area contributed by atoms with Crippen LogP contribution in [-0.2, 0) is 9.53 Å². The first-order chi connectivity index (χ1) is 6.99. The number of carbonyl (C=O) groups excluding carboxylic acids is 1. The van der Waals surface area contributed by atoms with Crippen molar-refractivity contribution in [2.45, 2.75) is 38.9 Å². The number of hydrogen-bond donors (Lipinski definition) is 1. The molecule has 0 spiro atoms. The van der Waals surface area contributed by atoms with E-state index in [9.17, 15) is 4.79 Å². The molecule has 1 aliphatic carbocycles. The van der Waals surface area contributed by atoms with Crippen molar-refractivity contribution >= 4 is 5.91 Å². The molecular formula is C11H21NO3. The minimum Gasteiger partial charge on any atom is -0.393 e. The Morgan fingerprint density at radius 3 is 2.60 bits per heavy atom. The van der Waals surface area contributed by atoms with Crippen LogP contribution in [0.5, 0.6) is 0 Å². The van der Waals surface area contributed by atoms with Crippen molar-refractivity contribution in [3.63, 3.8) is 0 Å². The van der Waals surface area contributed by atoms with E-state index in [0.29, 0.717) is 5.92 Å². The van der Waals surface area contributed by atoms with Gasteiger partial charge in [0.2, 0.25) is 5.91 Å². The van der Waals surface area contributed by atoms with Gasteiger partial charge in [0, 0.05) is 13.6 Å². The molecule has 4 heteroatoms. The lowest BCUT2D eigenvalue weighted by molar-refractivity contribution is -0.137. The van der Waals surface area contributed by atoms with Crippen molar-refractivity contribution in [2.75, 3.05) is 20.2 Å². The summed E-state index contributed by atoms with van der Waals surface area (Å²) >= 11 is 0. The van der Waals surface area contributed by atoms with E-state index in [1.165, 1.54) is 0 Å². The van der Waals surface area contributed by atoms with Crippen molar-refractivity contribution < 1.29 is 14.6 Å². The van der Waals surface area contributed by atoms with Crippen LogP contribution in [0.15, 0.2) is 0 Å². The Hall–Kier alpha value is -0.610. The van der Waals surface area contributed by atoms with Crippen LogP contribution >= 0.6 is 0 Å². The monoisotopic (exact) mass is 215 g/mol. The molecule has 1 N–H and O–H groups in total. The molecule has 1 fully saturated rings. The Labute approximate surface area is 91.2 Å². The van der Waals surface area contributed by atoms with E-state index >= 15 is 0 Å². The van der Waals surface area contributed by atoms with Gasteiger partial charge in [0.05, 0.1) is 12.2 Å². The smallest absolute Gasteiger partial charge is 0.248 e. The molecule has 1 saturated carbocycles. The molecule has 0 aromatic rings. The molecule has 0 aromatic carbocycles. The van der Waals surface area contributed by atoms with Gasteiger partial charge in [-0.2, -0.15) is 0 Å². The molecule has 0 aromatic heterocycles. The highest BCUT2D eigenvalue weighted by Gasteiger charge is 2.28. The zero-order chi connectivity index (χ0) is 11.4. The van der Waals surface area contributed by atoms with Gasteiger partial charge in [-0.25, -0.2) is 0 Å². The summed E-state index contributed by atoms with van der Waals surface area (Å²) in [6.45, 7) is 4.71. The second-order valence-electron chi connectivity index (χ2n) is 4.63. The molecule has 0 saturated heterocycles. The maximum atomic E-state index is 11.5. The van der Waals surface area contributed by atoms with Gasteiger partial charge in [-0.1, -0.05) is 0 Å². The fourth-order valence-electron chi connectivity index (χ4n) is 1.69. The van der Waals surface area contributed by atoms with Crippen molar-refractivity contribution in [2.24, 2.45) is 5.92 Å². The van der Waals surface area contributed by atoms with E-state index in [0.717, 1.165) is 19.4 Å². The molecule has 0 aliphatic heterocycles. The van der Waals surface area contributed by atoms with Gasteiger partial charge in [0.15, 0.2) is 0 Å². The summed E-state index contributed by atoms with van der Waals surface area (Å²) in [4.78, 5) is 13.2. The van der Waals surface area contributed by atoms with Crippen LogP contribution in [0.3, 0.4) is 0 Å². The van der Waals surface area contributed by atoms with E-state index < -0.39 is 0 Å². The van der Waals surface area contributed by atoms with Crippen LogP contribution in [0, 0.1) is 5.92 Å². The number of nitrogens with zero attached hydrogens (tertiary/aromatic N) is 1. The highest BCUT2D eigenvalue weighted by atomic mass is 16.5. The highest BCUT2D eigenvalue weighted by molar-refractivity contribution is 5.77. The predicted octanol–water partition coefficient (Wildman–Crippen LogP) is 0.641. The van der Waals surface area contributed by atoms with Crippen LogP contribution in [0.25, 0.3) is 0 Å². The quantitative estimate of drug-likeness (QED) is 0.732. The number of rotatable bonds is 5. The zero-order valence-electron chi connectivity index (χ0n) is 9.77. The van der Waals surface area contributed by atoms with Crippen LogP contribution in [-0.4, -0.2) is 48.3 Å². The minimum atomic E-state index is -0.148. The van der Waals surface area contributed by atoms with Crippen LogP contribution in [0.1, 0.15) is 26.7 Å². The highest BCUT2D eigenvalue weighted by Crippen LogP contribution is 2.27. The lowest BCUT2D eigenvalue weighted by Gasteiger charge is -2.34. The average Bonchev–Trinajstić information content (AvgIpc) is 2.11. The third-order valence-corrected chi connectivity index (χ3v) is 2.71. The minimum absolute atomic E-state index is 0.0186. The van der Waals surface area contributed by atoms with E-state index in [1.807, 2.05) is 13.8 Å². The number of carbonyl (C=O) groups is 1. The van der Waals surface area contributed by atoms with E-state index in [-0.39, 0.29) is 24.7 Å². The van der Waals surface area contributed by atoms with Gasteiger partial charge in [0.1, 0.15) is 6.61 Å². The summed E-state index contributed by atoms with van der Waals surface area (Å²) < 4.78 is 5.24. The second kappa shape index (κ2) is 5.47. The summed E-state index contributed by atoms with van der Waals surface area (Å²) in [6.07, 6.45) is 1.59. The van der Waals surface area contributed by atoms with Crippen molar-refractivity contribution in [3.8, 4) is 0 Å². The largest absolute Gasteiger partial charge is 0.393 e. The van der Waals surface area contributed by atoms with Crippen molar-refractivity contribution in [1.29, 1.82) is 0 Å². The lowest BCUT2D eigenvalue weighted by Crippen LogP contribution is -2.41. The Balaban J connectivity index is 2.15. The Morgan fingerprint density at radius 2 is 2.13 bits per heavy atom. The van der Waals surface area contributed by atoms with E-state index in [4.69, 9.17) is 9.84 Å². The molecule has 15 heavy (non-hydrogen) atoms. The third-order valence-electron chi connectivity index (χ3n) is 2.71. The van der Waals surface area contributed by atoms with Gasteiger partial charge in [-0.05, 0) is 32.6 Å². The summed E-state index contributed by atoms with van der Waals surface area (Å²) in [5, 5.41) is 9.12. The summed E-state index contributed by atoms with van der Waals surface area (Å²) in [5.41, 5.74) is 0. The van der Waals surface area contributed by atoms with Gasteiger partial charge in [-0.3, -0.25) is 4.79 Å². The number of hydrogen-bond acceptors (Lipinski definition) is 3. The first kappa shape index (κ1) is 12.5. The summed E-state index contributed by atoms with van der Waals surface area (Å²) in [7, 11) is 1.79. The van der Waals surface area contributed by atoms with E-state index in [1.54, 1.807) is 11.9 Å². The molecule has 0 heterocycles. The average molecular weight is 215 g/mol. The van der Waals surface area contributed by atoms with Gasteiger partial charge in [-0.15, -0.1) is 0 Å². The van der Waals surface area contributed by atoms with Crippen LogP contribution in [0.2, 0.25) is 0 Å². The summed E-state index contributed by atoms with van der Waals surface area (Å²) in [5.74, 6) is 0.484. The van der Waals surface area contributed by atoms with Crippen molar-refractivity contribution in [1.82, 2.24) is 4.90 Å². The first-order valence-corrected chi connectivity index (χ1v) is 5.52. The van der Waals surface area contributed by atoms with Gasteiger partial charge in [0.25, 0.3) is 0 Å². The van der Waals surface area contributed by atoms with Crippen LogP contribution < -0.4 is 0 Å². The number of aliphatic hydroxyl groups is 1. The molecule has 1 aliphatic rings. The standard InChI is InChI=1S/C11H21NO3/c1-8(2)15-7-11(14)12(3)6-9-4-10(13)5-9/h8-10,13H,4-7H2,1-3H3. The fourth-order valence-corrected chi connectivity index (χ4v) is 1.69. The number of likely N-dealkylation sites (N-methyl/N-ethyl adjacent to an activating group) is 1. The molecular weight excluding hydrogens is 194 g/mol. The summed E-state index contributed by atoms with van der Waals surface area (Å²) in [6, 6.07) is 0. The third kappa shape index (κ3) is 4.18. The molecule has 0 atom stereocenters. The van der Waals surface area contributed by atoms with Crippen LogP contribution in [0.4, 0.5) is 0 Å². The second-order valence-corrected chi connectivity index (χ2v) is 4.63. The Kier molecular flexibility index (Phi) is 4.54. The maximum Gasteiger partial charge on any atom is 0.248 e. The number of amides is 1. The normalized spacial score (nSPS) is 25.1. The predicted molar refractivity (Wildman–Crippen MR) is 57.5 cm³/mol. The molecule has 1 rings (SSSR count). The number of ether oxygens (including phenoxy) is 1. The van der Waals surface area contributed by atoms with E-state index in [2.05, 4.69) is 0 Å². The maximum absolute atomic E-state index is 11.5. The lowest BCUT2D eigenvalue weighted by atomic mass is 9.82. The molecule has 88 valence electrons. The number of aliphatic hydroxyl groups excluding tert-OH is 1. The molecule has 0 unspecified atom stereocenters.